The summed E-state index contributed by atoms with van der Waals surface area (Å²) in [5, 5.41) is 16.3. The summed E-state index contributed by atoms with van der Waals surface area (Å²) in [6.07, 6.45) is -0.586. The molecule has 6 nitrogen and oxygen atoms in total. The number of nitrogens with one attached hydrogen (secondary N) is 1. The summed E-state index contributed by atoms with van der Waals surface area (Å²) in [4.78, 5) is 11.0. The number of aryl methyl sites for hydroxylation is 1. The molecule has 1 atom stereocenters. The molecule has 1 unspecified atom stereocenters. The zero-order valence-electron chi connectivity index (χ0n) is 14.9. The number of nitrogens with zero attached hydrogens (tertiary/aromatic N) is 3. The Morgan fingerprint density at radius 3 is 2.78 bits per heavy atom. The van der Waals surface area contributed by atoms with Crippen LogP contribution in [0.3, 0.4) is 0 Å². The van der Waals surface area contributed by atoms with Crippen molar-refractivity contribution in [1.29, 1.82) is 0 Å². The lowest BCUT2D eigenvalue weighted by molar-refractivity contribution is 0.0300. The summed E-state index contributed by atoms with van der Waals surface area (Å²) in [5.74, 6) is 1.23. The summed E-state index contributed by atoms with van der Waals surface area (Å²) in [7, 11) is 1.97. The van der Waals surface area contributed by atoms with Gasteiger partial charge in [-0.3, -0.25) is 4.99 Å². The molecule has 1 aromatic rings. The van der Waals surface area contributed by atoms with E-state index in [1.165, 1.54) is 0 Å². The fourth-order valence-electron chi connectivity index (χ4n) is 1.95. The molecule has 1 heterocycles. The summed E-state index contributed by atoms with van der Waals surface area (Å²) >= 11 is 1.65. The van der Waals surface area contributed by atoms with Crippen molar-refractivity contribution in [3.63, 3.8) is 0 Å². The van der Waals surface area contributed by atoms with E-state index in [1.54, 1.807) is 11.3 Å². The van der Waals surface area contributed by atoms with Crippen LogP contribution in [0.5, 0.6) is 0 Å². The van der Waals surface area contributed by atoms with E-state index in [-0.39, 0.29) is 0 Å². The highest BCUT2D eigenvalue weighted by Crippen LogP contribution is 2.09. The zero-order valence-corrected chi connectivity index (χ0v) is 15.7. The Balaban J connectivity index is 2.51. The SMILES string of the molecule is CCNC(=NCC(O)COCC(C)C)N(C)Cc1csc(C)n1. The molecule has 0 aliphatic heterocycles. The second kappa shape index (κ2) is 10.6. The molecule has 0 spiro atoms. The van der Waals surface area contributed by atoms with Crippen LogP contribution < -0.4 is 5.32 Å². The molecule has 0 bridgehead atoms. The first-order valence-electron chi connectivity index (χ1n) is 8.08. The van der Waals surface area contributed by atoms with Crippen LogP contribution in [-0.4, -0.2) is 60.4 Å². The number of aliphatic hydroxyl groups excluding tert-OH is 1. The molecule has 0 amide bonds. The highest BCUT2D eigenvalue weighted by molar-refractivity contribution is 7.09. The van der Waals surface area contributed by atoms with Gasteiger partial charge in [0.2, 0.25) is 0 Å². The Bertz CT molecular complexity index is 476. The summed E-state index contributed by atoms with van der Waals surface area (Å²) in [6, 6.07) is 0. The van der Waals surface area contributed by atoms with Crippen LogP contribution in [0.2, 0.25) is 0 Å². The van der Waals surface area contributed by atoms with E-state index in [0.717, 1.165) is 23.2 Å². The molecule has 0 aliphatic carbocycles. The maximum absolute atomic E-state index is 9.96. The number of guanidine groups is 1. The van der Waals surface area contributed by atoms with Crippen molar-refractivity contribution in [1.82, 2.24) is 15.2 Å². The highest BCUT2D eigenvalue weighted by atomic mass is 32.1. The molecule has 2 N–H and O–H groups in total. The normalized spacial score (nSPS) is 13.4. The lowest BCUT2D eigenvalue weighted by Crippen LogP contribution is -2.39. The second-order valence-corrected chi connectivity index (χ2v) is 7.06. The number of hydrogen-bond donors (Lipinski definition) is 2. The third-order valence-electron chi connectivity index (χ3n) is 2.98. The van der Waals surface area contributed by atoms with Crippen molar-refractivity contribution >= 4 is 17.3 Å². The van der Waals surface area contributed by atoms with Gasteiger partial charge in [0, 0.05) is 25.6 Å². The van der Waals surface area contributed by atoms with E-state index >= 15 is 0 Å². The standard InChI is InChI=1S/C16H30N4O2S/c1-6-17-16(18-7-15(21)10-22-9-12(2)3)20(5)8-14-11-23-13(4)19-14/h11-12,15,21H,6-10H2,1-5H3,(H,17,18). The van der Waals surface area contributed by atoms with E-state index in [4.69, 9.17) is 4.74 Å². The molecule has 7 heteroatoms. The van der Waals surface area contributed by atoms with Gasteiger partial charge in [-0.15, -0.1) is 11.3 Å². The van der Waals surface area contributed by atoms with E-state index in [2.05, 4.69) is 34.5 Å². The van der Waals surface area contributed by atoms with Gasteiger partial charge in [-0.25, -0.2) is 4.98 Å². The number of ether oxygens (including phenoxy) is 1. The Hall–Kier alpha value is -1.18. The van der Waals surface area contributed by atoms with E-state index < -0.39 is 6.10 Å². The quantitative estimate of drug-likeness (QED) is 0.530. The largest absolute Gasteiger partial charge is 0.389 e. The van der Waals surface area contributed by atoms with Gasteiger partial charge in [-0.2, -0.15) is 0 Å². The summed E-state index contributed by atoms with van der Waals surface area (Å²) in [6.45, 7) is 11.0. The lowest BCUT2D eigenvalue weighted by Gasteiger charge is -2.21. The van der Waals surface area contributed by atoms with Gasteiger partial charge in [-0.1, -0.05) is 13.8 Å². The number of aliphatic hydroxyl groups is 1. The van der Waals surface area contributed by atoms with Gasteiger partial charge in [0.15, 0.2) is 5.96 Å². The molecule has 0 saturated carbocycles. The molecule has 1 aromatic heterocycles. The van der Waals surface area contributed by atoms with Crippen LogP contribution in [0, 0.1) is 12.8 Å². The highest BCUT2D eigenvalue weighted by Gasteiger charge is 2.10. The van der Waals surface area contributed by atoms with Crippen molar-refractivity contribution in [3.8, 4) is 0 Å². The number of aromatic nitrogens is 1. The lowest BCUT2D eigenvalue weighted by atomic mass is 10.2. The average Bonchev–Trinajstić information content (AvgIpc) is 2.88. The number of thiazole rings is 1. The Morgan fingerprint density at radius 2 is 2.22 bits per heavy atom. The first kappa shape index (κ1) is 19.9. The molecule has 132 valence electrons. The van der Waals surface area contributed by atoms with Crippen molar-refractivity contribution in [2.45, 2.75) is 40.3 Å². The smallest absolute Gasteiger partial charge is 0.194 e. The van der Waals surface area contributed by atoms with Crippen molar-refractivity contribution in [2.24, 2.45) is 10.9 Å². The minimum absolute atomic E-state index is 0.316. The number of hydrogen-bond acceptors (Lipinski definition) is 5. The van der Waals surface area contributed by atoms with Crippen LogP contribution in [-0.2, 0) is 11.3 Å². The maximum atomic E-state index is 9.96. The van der Waals surface area contributed by atoms with Gasteiger partial charge in [-0.05, 0) is 19.8 Å². The molecule has 23 heavy (non-hydrogen) atoms. The topological polar surface area (TPSA) is 70.0 Å². The van der Waals surface area contributed by atoms with Crippen LogP contribution in [0.1, 0.15) is 31.5 Å². The van der Waals surface area contributed by atoms with Gasteiger partial charge in [0.1, 0.15) is 0 Å². The van der Waals surface area contributed by atoms with Gasteiger partial charge < -0.3 is 20.1 Å². The number of rotatable bonds is 9. The van der Waals surface area contributed by atoms with Crippen molar-refractivity contribution in [2.75, 3.05) is 33.4 Å². The monoisotopic (exact) mass is 342 g/mol. The van der Waals surface area contributed by atoms with E-state index in [9.17, 15) is 5.11 Å². The predicted octanol–water partition coefficient (Wildman–Crippen LogP) is 1.88. The number of aliphatic imine (C=N–C) groups is 1. The van der Waals surface area contributed by atoms with Crippen LogP contribution in [0.25, 0.3) is 0 Å². The third kappa shape index (κ3) is 8.29. The minimum atomic E-state index is -0.586. The molecule has 0 aliphatic rings. The fraction of sp³-hybridized carbons (Fsp3) is 0.750. The summed E-state index contributed by atoms with van der Waals surface area (Å²) in [5.41, 5.74) is 1.03. The van der Waals surface area contributed by atoms with Crippen molar-refractivity contribution < 1.29 is 9.84 Å². The van der Waals surface area contributed by atoms with E-state index in [0.29, 0.717) is 32.2 Å². The maximum Gasteiger partial charge on any atom is 0.194 e. The fourth-order valence-corrected chi connectivity index (χ4v) is 2.56. The van der Waals surface area contributed by atoms with Crippen LogP contribution in [0.4, 0.5) is 0 Å². The van der Waals surface area contributed by atoms with Gasteiger partial charge >= 0.3 is 0 Å². The van der Waals surface area contributed by atoms with Gasteiger partial charge in [0.05, 0.1) is 36.5 Å². The zero-order chi connectivity index (χ0) is 17.2. The molecular weight excluding hydrogens is 312 g/mol. The van der Waals surface area contributed by atoms with Gasteiger partial charge in [0.25, 0.3) is 0 Å². The Kier molecular flexibility index (Phi) is 9.13. The summed E-state index contributed by atoms with van der Waals surface area (Å²) < 4.78 is 5.45. The Labute approximate surface area is 143 Å². The molecule has 1 rings (SSSR count). The minimum Gasteiger partial charge on any atom is -0.389 e. The first-order chi connectivity index (χ1) is 10.9. The predicted molar refractivity (Wildman–Crippen MR) is 96.0 cm³/mol. The molecule has 0 aromatic carbocycles. The Morgan fingerprint density at radius 1 is 1.48 bits per heavy atom. The van der Waals surface area contributed by atoms with E-state index in [1.807, 2.05) is 25.8 Å². The molecule has 0 saturated heterocycles. The molecular formula is C16H30N4O2S. The average molecular weight is 343 g/mol. The van der Waals surface area contributed by atoms with Crippen LogP contribution in [0.15, 0.2) is 10.4 Å². The molecule has 0 radical (unpaired) electrons. The van der Waals surface area contributed by atoms with Crippen LogP contribution >= 0.6 is 11.3 Å². The second-order valence-electron chi connectivity index (χ2n) is 5.99. The third-order valence-corrected chi connectivity index (χ3v) is 3.80. The molecule has 0 fully saturated rings. The van der Waals surface area contributed by atoms with Crippen molar-refractivity contribution in [3.05, 3.63) is 16.1 Å². The first-order valence-corrected chi connectivity index (χ1v) is 8.96.